The average molecular weight is 480 g/mol. The molecule has 1 saturated heterocycles. The Morgan fingerprint density at radius 1 is 1.21 bits per heavy atom. The van der Waals surface area contributed by atoms with Crippen molar-refractivity contribution in [3.63, 3.8) is 0 Å². The Kier molecular flexibility index (Phi) is 5.85. The van der Waals surface area contributed by atoms with Gasteiger partial charge in [0.25, 0.3) is 11.8 Å². The molecule has 1 aliphatic carbocycles. The van der Waals surface area contributed by atoms with Gasteiger partial charge in [-0.25, -0.2) is 9.37 Å². The van der Waals surface area contributed by atoms with Crippen LogP contribution < -0.4 is 10.1 Å². The van der Waals surface area contributed by atoms with E-state index in [1.807, 2.05) is 36.9 Å². The first-order valence-corrected chi connectivity index (χ1v) is 12.2. The molecule has 2 amide bonds. The molecule has 1 unspecified atom stereocenters. The van der Waals surface area contributed by atoms with Crippen molar-refractivity contribution in [2.75, 3.05) is 13.7 Å². The molecule has 1 saturated carbocycles. The molecule has 1 aromatic heterocycles. The summed E-state index contributed by atoms with van der Waals surface area (Å²) in [7, 11) is 1.44. The highest BCUT2D eigenvalue weighted by Crippen LogP contribution is 2.48. The van der Waals surface area contributed by atoms with Crippen molar-refractivity contribution in [1.82, 2.24) is 15.2 Å². The number of carbonyl (C=O) groups is 2. The van der Waals surface area contributed by atoms with E-state index in [0.29, 0.717) is 23.9 Å². The molecule has 3 atom stereocenters. The van der Waals surface area contributed by atoms with Gasteiger partial charge in [0.2, 0.25) is 0 Å². The number of aromatic nitrogens is 1. The van der Waals surface area contributed by atoms with Crippen LogP contribution in [0.1, 0.15) is 44.3 Å². The lowest BCUT2D eigenvalue weighted by atomic mass is 10.1. The maximum Gasteiger partial charge on any atom is 0.274 e. The van der Waals surface area contributed by atoms with Gasteiger partial charge in [0.15, 0.2) is 0 Å². The molecule has 0 radical (unpaired) electrons. The van der Waals surface area contributed by atoms with Gasteiger partial charge >= 0.3 is 0 Å². The zero-order valence-electron chi connectivity index (χ0n) is 19.3. The zero-order chi connectivity index (χ0) is 24.0. The maximum absolute atomic E-state index is 13.7. The third-order valence-electron chi connectivity index (χ3n) is 6.57. The minimum Gasteiger partial charge on any atom is -0.496 e. The number of nitrogens with zero attached hydrogens (tertiary/aromatic N) is 2. The lowest BCUT2D eigenvalue weighted by Gasteiger charge is -2.27. The Labute approximate surface area is 201 Å². The fourth-order valence-electron chi connectivity index (χ4n) is 4.90. The van der Waals surface area contributed by atoms with E-state index in [2.05, 4.69) is 16.4 Å². The van der Waals surface area contributed by atoms with Crippen molar-refractivity contribution in [3.05, 3.63) is 70.1 Å². The third kappa shape index (κ3) is 4.18. The number of aryl methyl sites for hydroxylation is 2. The van der Waals surface area contributed by atoms with Crippen LogP contribution in [0.25, 0.3) is 10.4 Å². The van der Waals surface area contributed by atoms with E-state index in [1.165, 1.54) is 30.6 Å². The number of benzene rings is 2. The summed E-state index contributed by atoms with van der Waals surface area (Å²) in [5.41, 5.74) is 2.73. The van der Waals surface area contributed by atoms with Crippen LogP contribution in [-0.2, 0) is 0 Å². The number of ether oxygens (including phenoxy) is 1. The van der Waals surface area contributed by atoms with Crippen molar-refractivity contribution < 1.29 is 18.7 Å². The smallest absolute Gasteiger partial charge is 0.274 e. The number of methoxy groups -OCH3 is 1. The first-order valence-electron chi connectivity index (χ1n) is 11.3. The summed E-state index contributed by atoms with van der Waals surface area (Å²) in [6.07, 6.45) is 1.82. The predicted octanol–water partition coefficient (Wildman–Crippen LogP) is 4.61. The quantitative estimate of drug-likeness (QED) is 0.561. The van der Waals surface area contributed by atoms with Gasteiger partial charge in [0.05, 0.1) is 28.6 Å². The first kappa shape index (κ1) is 22.5. The van der Waals surface area contributed by atoms with Crippen molar-refractivity contribution >= 4 is 23.2 Å². The van der Waals surface area contributed by atoms with Crippen LogP contribution in [0.15, 0.2) is 42.5 Å². The number of halogens is 1. The van der Waals surface area contributed by atoms with Gasteiger partial charge in [0.1, 0.15) is 17.3 Å². The van der Waals surface area contributed by atoms with Crippen LogP contribution in [0.3, 0.4) is 0 Å². The van der Waals surface area contributed by atoms with Gasteiger partial charge in [0, 0.05) is 12.6 Å². The number of thiazole rings is 1. The molecule has 1 aliphatic heterocycles. The number of nitrogens with one attached hydrogen (secondary N) is 1. The third-order valence-corrected chi connectivity index (χ3v) is 7.59. The average Bonchev–Trinajstić information content (AvgIpc) is 3.30. The van der Waals surface area contributed by atoms with E-state index in [4.69, 9.17) is 4.74 Å². The van der Waals surface area contributed by atoms with Crippen LogP contribution >= 0.6 is 11.3 Å². The summed E-state index contributed by atoms with van der Waals surface area (Å²) in [6.45, 7) is 4.23. The van der Waals surface area contributed by atoms with Gasteiger partial charge in [-0.05, 0) is 56.4 Å². The molecule has 176 valence electrons. The van der Waals surface area contributed by atoms with Crippen LogP contribution in [-0.4, -0.2) is 47.4 Å². The van der Waals surface area contributed by atoms with E-state index >= 15 is 0 Å². The molecular weight excluding hydrogens is 453 g/mol. The number of hydrogen-bond donors (Lipinski definition) is 1. The number of piperidine rings is 1. The molecule has 2 aliphatic rings. The van der Waals surface area contributed by atoms with Gasteiger partial charge in [-0.2, -0.15) is 0 Å². The van der Waals surface area contributed by atoms with Gasteiger partial charge < -0.3 is 15.0 Å². The van der Waals surface area contributed by atoms with Crippen molar-refractivity contribution in [3.8, 4) is 16.2 Å². The first-order chi connectivity index (χ1) is 16.4. The maximum atomic E-state index is 13.7. The monoisotopic (exact) mass is 479 g/mol. The second-order valence-corrected chi connectivity index (χ2v) is 10.2. The Hall–Kier alpha value is -3.26. The number of likely N-dealkylation sites (tertiary alicyclic amines) is 1. The van der Waals surface area contributed by atoms with Gasteiger partial charge in [-0.15, -0.1) is 11.3 Å². The number of rotatable bonds is 6. The molecule has 3 aromatic rings. The van der Waals surface area contributed by atoms with Crippen molar-refractivity contribution in [2.45, 2.75) is 38.8 Å². The van der Waals surface area contributed by atoms with Gasteiger partial charge in [-0.3, -0.25) is 9.59 Å². The fraction of sp³-hybridized carbons (Fsp3) is 0.346. The van der Waals surface area contributed by atoms with E-state index in [-0.39, 0.29) is 23.6 Å². The summed E-state index contributed by atoms with van der Waals surface area (Å²) < 4.78 is 18.9. The van der Waals surface area contributed by atoms with Crippen LogP contribution in [0.5, 0.6) is 5.75 Å². The number of amides is 2. The van der Waals surface area contributed by atoms with Crippen molar-refractivity contribution in [2.24, 2.45) is 5.92 Å². The Bertz CT molecular complexity index is 1270. The van der Waals surface area contributed by atoms with Gasteiger partial charge in [-0.1, -0.05) is 29.8 Å². The van der Waals surface area contributed by atoms with Crippen LogP contribution in [0.2, 0.25) is 0 Å². The number of hydrogen-bond acceptors (Lipinski definition) is 5. The fourth-order valence-corrected chi connectivity index (χ4v) is 5.80. The minimum atomic E-state index is -0.507. The molecule has 0 spiro atoms. The highest BCUT2D eigenvalue weighted by Gasteiger charge is 2.54. The van der Waals surface area contributed by atoms with Crippen LogP contribution in [0, 0.1) is 25.6 Å². The van der Waals surface area contributed by atoms with Crippen LogP contribution in [0.4, 0.5) is 4.39 Å². The summed E-state index contributed by atoms with van der Waals surface area (Å²) in [4.78, 5) is 33.9. The standard InChI is InChI=1S/C26H26FN3O3S/c1-14-5-4-6-16(9-14)24-23(29-15(2)34-24)26(32)30-19(10-17-11-21(17)30)13-28-25(31)20-12-18(27)7-8-22(20)33-3/h4-9,12,17,19,21H,10-11,13H2,1-3H3,(H,28,31)/t17-,19+,21?/m1/s1. The largest absolute Gasteiger partial charge is 0.496 e. The lowest BCUT2D eigenvalue weighted by Crippen LogP contribution is -2.45. The summed E-state index contributed by atoms with van der Waals surface area (Å²) in [5.74, 6) is -0.256. The second-order valence-electron chi connectivity index (χ2n) is 9.00. The number of fused-ring (bicyclic) bond motifs is 1. The zero-order valence-corrected chi connectivity index (χ0v) is 20.1. The molecule has 1 N–H and O–H groups in total. The topological polar surface area (TPSA) is 71.5 Å². The van der Waals surface area contributed by atoms with E-state index < -0.39 is 11.7 Å². The summed E-state index contributed by atoms with van der Waals surface area (Å²) >= 11 is 1.52. The molecule has 2 aromatic carbocycles. The minimum absolute atomic E-state index is 0.0894. The molecule has 0 bridgehead atoms. The lowest BCUT2D eigenvalue weighted by molar-refractivity contribution is 0.0684. The molecule has 6 nitrogen and oxygen atoms in total. The molecule has 8 heteroatoms. The highest BCUT2D eigenvalue weighted by molar-refractivity contribution is 7.15. The summed E-state index contributed by atoms with van der Waals surface area (Å²) in [6, 6.07) is 12.0. The Morgan fingerprint density at radius 3 is 2.79 bits per heavy atom. The van der Waals surface area contributed by atoms with E-state index in [1.54, 1.807) is 0 Å². The van der Waals surface area contributed by atoms with E-state index in [9.17, 15) is 14.0 Å². The SMILES string of the molecule is COc1ccc(F)cc1C(=O)NC[C@@H]1C[C@@H]2CC2N1C(=O)c1nc(C)sc1-c1cccc(C)c1. The molecule has 2 heterocycles. The molecule has 2 fully saturated rings. The molecular formula is C26H26FN3O3S. The Balaban J connectivity index is 1.36. The van der Waals surface area contributed by atoms with E-state index in [0.717, 1.165) is 39.9 Å². The number of carbonyl (C=O) groups excluding carboxylic acids is 2. The van der Waals surface area contributed by atoms with Crippen molar-refractivity contribution in [1.29, 1.82) is 0 Å². The molecule has 5 rings (SSSR count). The second kappa shape index (κ2) is 8.83. The predicted molar refractivity (Wildman–Crippen MR) is 129 cm³/mol. The highest BCUT2D eigenvalue weighted by atomic mass is 32.1. The Morgan fingerprint density at radius 2 is 2.03 bits per heavy atom. The normalized spacial score (nSPS) is 20.7. The summed E-state index contributed by atoms with van der Waals surface area (Å²) in [5, 5.41) is 3.72. The molecule has 34 heavy (non-hydrogen) atoms.